The van der Waals surface area contributed by atoms with Gasteiger partial charge in [0.15, 0.2) is 0 Å². The normalized spacial score (nSPS) is 13.3. The summed E-state index contributed by atoms with van der Waals surface area (Å²) in [7, 11) is -4.05. The van der Waals surface area contributed by atoms with E-state index in [2.05, 4.69) is 9.88 Å². The number of hydrogen-bond donors (Lipinski definition) is 2. The first-order chi connectivity index (χ1) is 9.72. The lowest BCUT2D eigenvalue weighted by Gasteiger charge is -2.14. The Balaban J connectivity index is 2.36. The second kappa shape index (κ2) is 5.45. The van der Waals surface area contributed by atoms with Crippen LogP contribution in [0, 0.1) is 19.7 Å². The Morgan fingerprint density at radius 1 is 1.38 bits per heavy atom. The van der Waals surface area contributed by atoms with Gasteiger partial charge >= 0.3 is 0 Å². The molecular formula is C13H16FN3O3S. The zero-order valence-corrected chi connectivity index (χ0v) is 12.7. The fraction of sp³-hybridized carbons (Fsp3) is 0.308. The largest absolute Gasteiger partial charge is 0.399 e. The van der Waals surface area contributed by atoms with Gasteiger partial charge in [-0.1, -0.05) is 5.16 Å². The minimum atomic E-state index is -4.05. The van der Waals surface area contributed by atoms with E-state index in [-0.39, 0.29) is 5.69 Å². The van der Waals surface area contributed by atoms with Crippen LogP contribution in [-0.4, -0.2) is 13.6 Å². The van der Waals surface area contributed by atoms with Crippen molar-refractivity contribution >= 4 is 15.7 Å². The van der Waals surface area contributed by atoms with Gasteiger partial charge in [-0.15, -0.1) is 0 Å². The van der Waals surface area contributed by atoms with Crippen LogP contribution in [0.4, 0.5) is 10.1 Å². The summed E-state index contributed by atoms with van der Waals surface area (Å²) in [4.78, 5) is -0.485. The van der Waals surface area contributed by atoms with Crippen LogP contribution in [0.2, 0.25) is 0 Å². The van der Waals surface area contributed by atoms with Gasteiger partial charge in [-0.25, -0.2) is 17.5 Å². The lowest BCUT2D eigenvalue weighted by Crippen LogP contribution is -2.28. The van der Waals surface area contributed by atoms with Gasteiger partial charge in [0, 0.05) is 17.3 Å². The average Bonchev–Trinajstić information content (AvgIpc) is 2.71. The topological polar surface area (TPSA) is 98.2 Å². The highest BCUT2D eigenvalue weighted by molar-refractivity contribution is 7.89. The number of hydrogen-bond acceptors (Lipinski definition) is 5. The van der Waals surface area contributed by atoms with E-state index >= 15 is 0 Å². The summed E-state index contributed by atoms with van der Waals surface area (Å²) >= 11 is 0. The highest BCUT2D eigenvalue weighted by Gasteiger charge is 2.25. The highest BCUT2D eigenvalue weighted by atomic mass is 32.2. The van der Waals surface area contributed by atoms with Gasteiger partial charge in [-0.05, 0) is 39.0 Å². The third kappa shape index (κ3) is 3.06. The number of nitrogens with one attached hydrogen (secondary N) is 1. The van der Waals surface area contributed by atoms with Crippen molar-refractivity contribution in [1.82, 2.24) is 9.88 Å². The van der Waals surface area contributed by atoms with E-state index < -0.39 is 26.8 Å². The van der Waals surface area contributed by atoms with E-state index in [1.165, 1.54) is 6.07 Å². The van der Waals surface area contributed by atoms with E-state index in [0.717, 1.165) is 12.1 Å². The summed E-state index contributed by atoms with van der Waals surface area (Å²) in [5, 5.41) is 3.77. The number of nitrogens with zero attached hydrogens (tertiary/aromatic N) is 1. The van der Waals surface area contributed by atoms with Gasteiger partial charge in [0.1, 0.15) is 16.5 Å². The molecule has 1 unspecified atom stereocenters. The molecule has 1 atom stereocenters. The maximum atomic E-state index is 13.7. The molecule has 1 heterocycles. The number of nitrogen functional groups attached to an aromatic ring is 1. The number of rotatable bonds is 4. The van der Waals surface area contributed by atoms with Crippen molar-refractivity contribution in [2.24, 2.45) is 0 Å². The van der Waals surface area contributed by atoms with Gasteiger partial charge in [0.2, 0.25) is 10.0 Å². The Morgan fingerprint density at radius 3 is 2.62 bits per heavy atom. The first-order valence-electron chi connectivity index (χ1n) is 6.22. The number of nitrogens with two attached hydrogens (primary N) is 1. The van der Waals surface area contributed by atoms with Crippen LogP contribution in [0.5, 0.6) is 0 Å². The van der Waals surface area contributed by atoms with Crippen molar-refractivity contribution in [1.29, 1.82) is 0 Å². The molecule has 1 aromatic carbocycles. The minimum Gasteiger partial charge on any atom is -0.399 e. The Hall–Kier alpha value is -1.93. The second-order valence-electron chi connectivity index (χ2n) is 4.77. The van der Waals surface area contributed by atoms with Crippen LogP contribution in [0.25, 0.3) is 0 Å². The molecule has 0 radical (unpaired) electrons. The molecule has 8 heteroatoms. The average molecular weight is 313 g/mol. The molecule has 2 aromatic rings. The van der Waals surface area contributed by atoms with Crippen molar-refractivity contribution in [3.8, 4) is 0 Å². The molecular weight excluding hydrogens is 297 g/mol. The summed E-state index contributed by atoms with van der Waals surface area (Å²) in [6.45, 7) is 5.02. The third-order valence-corrected chi connectivity index (χ3v) is 4.65. The lowest BCUT2D eigenvalue weighted by atomic mass is 10.1. The maximum Gasteiger partial charge on any atom is 0.244 e. The van der Waals surface area contributed by atoms with Gasteiger partial charge < -0.3 is 10.3 Å². The molecule has 0 amide bonds. The van der Waals surface area contributed by atoms with Crippen LogP contribution in [-0.2, 0) is 10.0 Å². The first-order valence-corrected chi connectivity index (χ1v) is 7.71. The molecule has 0 saturated heterocycles. The van der Waals surface area contributed by atoms with E-state index in [4.69, 9.17) is 10.3 Å². The third-order valence-electron chi connectivity index (χ3n) is 3.10. The molecule has 0 spiro atoms. The Kier molecular flexibility index (Phi) is 4.02. The molecule has 3 N–H and O–H groups in total. The van der Waals surface area contributed by atoms with Crippen LogP contribution in [0.1, 0.15) is 30.0 Å². The van der Waals surface area contributed by atoms with E-state index in [9.17, 15) is 12.8 Å². The van der Waals surface area contributed by atoms with Gasteiger partial charge in [-0.2, -0.15) is 0 Å². The van der Waals surface area contributed by atoms with E-state index in [1.807, 2.05) is 0 Å². The lowest BCUT2D eigenvalue weighted by molar-refractivity contribution is 0.391. The van der Waals surface area contributed by atoms with Gasteiger partial charge in [0.05, 0.1) is 5.69 Å². The molecule has 21 heavy (non-hydrogen) atoms. The number of halogens is 1. The maximum absolute atomic E-state index is 13.7. The van der Waals surface area contributed by atoms with Crippen molar-refractivity contribution in [3.05, 3.63) is 41.0 Å². The number of aromatic nitrogens is 1. The quantitative estimate of drug-likeness (QED) is 0.842. The van der Waals surface area contributed by atoms with Gasteiger partial charge in [0.25, 0.3) is 0 Å². The Morgan fingerprint density at radius 2 is 2.05 bits per heavy atom. The highest BCUT2D eigenvalue weighted by Crippen LogP contribution is 2.24. The summed E-state index contributed by atoms with van der Waals surface area (Å²) in [6, 6.07) is 2.79. The molecule has 0 aliphatic rings. The van der Waals surface area contributed by atoms with Crippen LogP contribution in [0.15, 0.2) is 27.6 Å². The van der Waals surface area contributed by atoms with Crippen molar-refractivity contribution in [2.45, 2.75) is 31.7 Å². The molecule has 0 fully saturated rings. The monoisotopic (exact) mass is 313 g/mol. The van der Waals surface area contributed by atoms with Crippen molar-refractivity contribution in [3.63, 3.8) is 0 Å². The summed E-state index contributed by atoms with van der Waals surface area (Å²) < 4.78 is 45.7. The van der Waals surface area contributed by atoms with Crippen LogP contribution >= 0.6 is 0 Å². The molecule has 2 rings (SSSR count). The summed E-state index contributed by atoms with van der Waals surface area (Å²) in [6.07, 6.45) is 0. The fourth-order valence-corrected chi connectivity index (χ4v) is 3.52. The first kappa shape index (κ1) is 15.5. The molecule has 0 aliphatic heterocycles. The smallest absolute Gasteiger partial charge is 0.244 e. The van der Waals surface area contributed by atoms with Crippen molar-refractivity contribution < 1.29 is 17.3 Å². The molecule has 0 aliphatic carbocycles. The molecule has 114 valence electrons. The fourth-order valence-electron chi connectivity index (χ4n) is 2.19. The van der Waals surface area contributed by atoms with E-state index in [0.29, 0.717) is 17.0 Å². The standard InChI is InChI=1S/C13H16FN3O3S/c1-7-13(9(3)20-16-7)8(2)17-21(18,19)12-6-10(15)4-5-11(12)14/h4-6,8,17H,15H2,1-3H3. The minimum absolute atomic E-state index is 0.168. The number of aryl methyl sites for hydroxylation is 2. The van der Waals surface area contributed by atoms with Crippen molar-refractivity contribution in [2.75, 3.05) is 5.73 Å². The number of anilines is 1. The summed E-state index contributed by atoms with van der Waals surface area (Å²) in [5.74, 6) is -0.349. The number of benzene rings is 1. The molecule has 0 bridgehead atoms. The molecule has 6 nitrogen and oxygen atoms in total. The zero-order valence-electron chi connectivity index (χ0n) is 11.8. The predicted molar refractivity (Wildman–Crippen MR) is 75.5 cm³/mol. The number of sulfonamides is 1. The van der Waals surface area contributed by atoms with Crippen LogP contribution in [0.3, 0.4) is 0 Å². The SMILES string of the molecule is Cc1noc(C)c1C(C)NS(=O)(=O)c1cc(N)ccc1F. The van der Waals surface area contributed by atoms with Crippen LogP contribution < -0.4 is 10.5 Å². The Bertz CT molecular complexity index is 751. The zero-order chi connectivity index (χ0) is 15.8. The molecule has 1 aromatic heterocycles. The van der Waals surface area contributed by atoms with E-state index in [1.54, 1.807) is 20.8 Å². The summed E-state index contributed by atoms with van der Waals surface area (Å²) in [5.41, 5.74) is 6.89. The molecule has 0 saturated carbocycles. The predicted octanol–water partition coefficient (Wildman–Crippen LogP) is 2.05. The Labute approximate surface area is 122 Å². The van der Waals surface area contributed by atoms with Gasteiger partial charge in [-0.3, -0.25) is 0 Å². The second-order valence-corrected chi connectivity index (χ2v) is 6.45.